The molecule has 1 aromatic heterocycles. The average Bonchev–Trinajstić information content (AvgIpc) is 2.85. The highest BCUT2D eigenvalue weighted by Gasteiger charge is 2.26. The molecule has 1 amide bonds. The molecule has 0 spiro atoms. The number of likely N-dealkylation sites (N-methyl/N-ethyl adjacent to an activating group) is 1. The van der Waals surface area contributed by atoms with E-state index in [-0.39, 0.29) is 17.2 Å². The molecule has 3 rings (SSSR count). The SMILES string of the molecule is CCC(c1nc2ccccc2c(=O)n1CCOC)N(CC)C(=O)/C=C/c1ccc([N+](=O)[O-])cc1. The lowest BCUT2D eigenvalue weighted by Crippen LogP contribution is -2.38. The number of carbonyl (C=O) groups excluding carboxylic acids is 1. The van der Waals surface area contributed by atoms with E-state index in [9.17, 15) is 19.7 Å². The van der Waals surface area contributed by atoms with Crippen molar-refractivity contribution in [2.45, 2.75) is 32.9 Å². The van der Waals surface area contributed by atoms with Gasteiger partial charge in [-0.1, -0.05) is 19.1 Å². The van der Waals surface area contributed by atoms with E-state index in [4.69, 9.17) is 9.72 Å². The minimum absolute atomic E-state index is 0.0129. The number of methoxy groups -OCH3 is 1. The Morgan fingerprint density at radius 2 is 1.91 bits per heavy atom. The van der Waals surface area contributed by atoms with Crippen LogP contribution in [0, 0.1) is 10.1 Å². The number of fused-ring (bicyclic) bond motifs is 1. The molecule has 0 N–H and O–H groups in total. The number of benzene rings is 2. The fourth-order valence-electron chi connectivity index (χ4n) is 3.88. The molecule has 0 radical (unpaired) electrons. The Kier molecular flexibility index (Phi) is 8.26. The number of nitro groups is 1. The molecule has 1 atom stereocenters. The number of nitrogens with zero attached hydrogens (tertiary/aromatic N) is 4. The van der Waals surface area contributed by atoms with E-state index < -0.39 is 11.0 Å². The molecule has 1 unspecified atom stereocenters. The van der Waals surface area contributed by atoms with Gasteiger partial charge in [-0.2, -0.15) is 0 Å². The van der Waals surface area contributed by atoms with Crippen LogP contribution in [0.2, 0.25) is 0 Å². The van der Waals surface area contributed by atoms with E-state index in [1.807, 2.05) is 19.9 Å². The van der Waals surface area contributed by atoms with Gasteiger partial charge in [0.25, 0.3) is 11.2 Å². The Morgan fingerprint density at radius 3 is 2.53 bits per heavy atom. The number of hydrogen-bond acceptors (Lipinski definition) is 6. The number of aromatic nitrogens is 2. The number of carbonyl (C=O) groups is 1. The Balaban J connectivity index is 1.97. The number of nitro benzene ring substituents is 1. The van der Waals surface area contributed by atoms with Gasteiger partial charge < -0.3 is 9.64 Å². The van der Waals surface area contributed by atoms with Crippen LogP contribution in [0.3, 0.4) is 0 Å². The van der Waals surface area contributed by atoms with E-state index in [0.29, 0.717) is 48.4 Å². The molecule has 9 heteroatoms. The van der Waals surface area contributed by atoms with Gasteiger partial charge in [-0.25, -0.2) is 4.98 Å². The lowest BCUT2D eigenvalue weighted by molar-refractivity contribution is -0.384. The van der Waals surface area contributed by atoms with E-state index in [0.717, 1.165) is 0 Å². The van der Waals surface area contributed by atoms with Gasteiger partial charge in [-0.05, 0) is 49.2 Å². The normalized spacial score (nSPS) is 12.2. The molecule has 1 heterocycles. The first-order valence-electron chi connectivity index (χ1n) is 11.1. The van der Waals surface area contributed by atoms with Crippen molar-refractivity contribution in [3.8, 4) is 0 Å². The van der Waals surface area contributed by atoms with Gasteiger partial charge in [-0.15, -0.1) is 0 Å². The van der Waals surface area contributed by atoms with Crippen LogP contribution < -0.4 is 5.56 Å². The third-order valence-corrected chi connectivity index (χ3v) is 5.62. The monoisotopic (exact) mass is 464 g/mol. The smallest absolute Gasteiger partial charge is 0.269 e. The van der Waals surface area contributed by atoms with Crippen LogP contribution in [0.1, 0.15) is 37.7 Å². The first kappa shape index (κ1) is 24.8. The van der Waals surface area contributed by atoms with Crippen molar-refractivity contribution in [2.75, 3.05) is 20.3 Å². The first-order valence-corrected chi connectivity index (χ1v) is 11.1. The van der Waals surface area contributed by atoms with Gasteiger partial charge in [0.15, 0.2) is 0 Å². The summed E-state index contributed by atoms with van der Waals surface area (Å²) < 4.78 is 6.80. The predicted octanol–water partition coefficient (Wildman–Crippen LogP) is 3.96. The molecule has 0 fully saturated rings. The van der Waals surface area contributed by atoms with E-state index >= 15 is 0 Å². The number of rotatable bonds is 10. The molecule has 2 aromatic carbocycles. The molecule has 0 saturated heterocycles. The zero-order chi connectivity index (χ0) is 24.7. The molecule has 178 valence electrons. The van der Waals surface area contributed by atoms with Crippen molar-refractivity contribution in [3.05, 3.63) is 86.5 Å². The second-order valence-electron chi connectivity index (χ2n) is 7.67. The summed E-state index contributed by atoms with van der Waals surface area (Å²) in [7, 11) is 1.57. The number of hydrogen-bond donors (Lipinski definition) is 0. The molecule has 0 aliphatic carbocycles. The highest BCUT2D eigenvalue weighted by molar-refractivity contribution is 5.92. The quantitative estimate of drug-likeness (QED) is 0.255. The lowest BCUT2D eigenvalue weighted by Gasteiger charge is -2.30. The van der Waals surface area contributed by atoms with Gasteiger partial charge in [-0.3, -0.25) is 24.3 Å². The summed E-state index contributed by atoms with van der Waals surface area (Å²) in [6, 6.07) is 12.7. The molecule has 34 heavy (non-hydrogen) atoms. The first-order chi connectivity index (χ1) is 16.4. The van der Waals surface area contributed by atoms with Gasteiger partial charge in [0, 0.05) is 31.9 Å². The van der Waals surface area contributed by atoms with Crippen molar-refractivity contribution in [3.63, 3.8) is 0 Å². The highest BCUT2D eigenvalue weighted by Crippen LogP contribution is 2.24. The van der Waals surface area contributed by atoms with Crippen molar-refractivity contribution in [1.82, 2.24) is 14.5 Å². The number of amides is 1. The highest BCUT2D eigenvalue weighted by atomic mass is 16.6. The van der Waals surface area contributed by atoms with Gasteiger partial charge in [0.05, 0.1) is 35.0 Å². The van der Waals surface area contributed by atoms with Crippen LogP contribution in [0.5, 0.6) is 0 Å². The molecular weight excluding hydrogens is 436 g/mol. The average molecular weight is 465 g/mol. The Hall–Kier alpha value is -3.85. The standard InChI is InChI=1S/C25H28N4O5/c1-4-22(24-26-21-9-7-6-8-20(21)25(31)28(24)16-17-34-3)27(5-2)23(30)15-12-18-10-13-19(14-11-18)29(32)33/h6-15,22H,4-5,16-17H2,1-3H3/b15-12+. The third kappa shape index (κ3) is 5.37. The van der Waals surface area contributed by atoms with Gasteiger partial charge >= 0.3 is 0 Å². The summed E-state index contributed by atoms with van der Waals surface area (Å²) in [6.45, 7) is 4.89. The van der Waals surface area contributed by atoms with Crippen LogP contribution in [0.15, 0.2) is 59.4 Å². The molecule has 0 aliphatic rings. The molecule has 0 saturated carbocycles. The Labute approximate surface area is 197 Å². The summed E-state index contributed by atoms with van der Waals surface area (Å²) in [5, 5.41) is 11.4. The van der Waals surface area contributed by atoms with Crippen LogP contribution in [-0.4, -0.2) is 45.5 Å². The zero-order valence-corrected chi connectivity index (χ0v) is 19.5. The second-order valence-corrected chi connectivity index (χ2v) is 7.67. The molecule has 9 nitrogen and oxygen atoms in total. The van der Waals surface area contributed by atoms with E-state index in [1.54, 1.807) is 53.0 Å². The maximum Gasteiger partial charge on any atom is 0.269 e. The van der Waals surface area contributed by atoms with Crippen LogP contribution in [-0.2, 0) is 16.1 Å². The summed E-state index contributed by atoms with van der Waals surface area (Å²) in [6.07, 6.45) is 3.61. The van der Waals surface area contributed by atoms with Crippen molar-refractivity contribution >= 4 is 28.6 Å². The molecule has 0 bridgehead atoms. The van der Waals surface area contributed by atoms with E-state index in [2.05, 4.69) is 0 Å². The summed E-state index contributed by atoms with van der Waals surface area (Å²) in [4.78, 5) is 43.2. The largest absolute Gasteiger partial charge is 0.383 e. The van der Waals surface area contributed by atoms with Crippen molar-refractivity contribution in [1.29, 1.82) is 0 Å². The number of non-ortho nitro benzene ring substituents is 1. The summed E-state index contributed by atoms with van der Waals surface area (Å²) in [5.41, 5.74) is 1.07. The predicted molar refractivity (Wildman–Crippen MR) is 130 cm³/mol. The maximum atomic E-state index is 13.2. The van der Waals surface area contributed by atoms with E-state index in [1.165, 1.54) is 18.2 Å². The Bertz CT molecular complexity index is 1250. The van der Waals surface area contributed by atoms with Crippen molar-refractivity contribution in [2.24, 2.45) is 0 Å². The minimum atomic E-state index is -0.469. The van der Waals surface area contributed by atoms with Gasteiger partial charge in [0.1, 0.15) is 5.82 Å². The van der Waals surface area contributed by atoms with Crippen LogP contribution in [0.4, 0.5) is 5.69 Å². The number of para-hydroxylation sites is 1. The topological polar surface area (TPSA) is 108 Å². The number of ether oxygens (including phenoxy) is 1. The van der Waals surface area contributed by atoms with Crippen LogP contribution >= 0.6 is 0 Å². The fraction of sp³-hybridized carbons (Fsp3) is 0.320. The Morgan fingerprint density at radius 1 is 1.21 bits per heavy atom. The maximum absolute atomic E-state index is 13.2. The third-order valence-electron chi connectivity index (χ3n) is 5.62. The fourth-order valence-corrected chi connectivity index (χ4v) is 3.88. The second kappa shape index (κ2) is 11.3. The molecular formula is C25H28N4O5. The summed E-state index contributed by atoms with van der Waals surface area (Å²) in [5.74, 6) is 0.274. The summed E-state index contributed by atoms with van der Waals surface area (Å²) >= 11 is 0. The lowest BCUT2D eigenvalue weighted by atomic mass is 10.1. The minimum Gasteiger partial charge on any atom is -0.383 e. The van der Waals surface area contributed by atoms with Gasteiger partial charge in [0.2, 0.25) is 5.91 Å². The van der Waals surface area contributed by atoms with Crippen LogP contribution in [0.25, 0.3) is 17.0 Å². The molecule has 0 aliphatic heterocycles. The zero-order valence-electron chi connectivity index (χ0n) is 19.5. The molecule has 3 aromatic rings. The van der Waals surface area contributed by atoms with Crippen molar-refractivity contribution < 1.29 is 14.5 Å².